The number of nitrogens with zero attached hydrogens (tertiary/aromatic N) is 10. The quantitative estimate of drug-likeness (QED) is 0.121. The van der Waals surface area contributed by atoms with E-state index in [0.29, 0.717) is 86.1 Å². The van der Waals surface area contributed by atoms with Gasteiger partial charge in [0.25, 0.3) is 5.78 Å². The molecule has 7 aromatic rings. The summed E-state index contributed by atoms with van der Waals surface area (Å²) in [4.78, 5) is 37.1. The molecule has 358 valence electrons. The van der Waals surface area contributed by atoms with Gasteiger partial charge in [0.05, 0.1) is 37.0 Å². The van der Waals surface area contributed by atoms with Crippen molar-refractivity contribution in [3.63, 3.8) is 0 Å². The molecule has 4 saturated heterocycles. The van der Waals surface area contributed by atoms with Crippen LogP contribution in [-0.2, 0) is 27.2 Å². The molecule has 17 heteroatoms. The Morgan fingerprint density at radius 1 is 0.913 bits per heavy atom. The van der Waals surface area contributed by atoms with Crippen LogP contribution in [0.3, 0.4) is 0 Å². The molecule has 0 spiro atoms. The summed E-state index contributed by atoms with van der Waals surface area (Å²) in [5.74, 6) is 2.38. The summed E-state index contributed by atoms with van der Waals surface area (Å²) in [6.07, 6.45) is 12.2. The zero-order valence-electron chi connectivity index (χ0n) is 39.6. The molecule has 4 aliphatic heterocycles. The van der Waals surface area contributed by atoms with Crippen LogP contribution in [0.25, 0.3) is 38.7 Å². The fraction of sp³-hybridized carbons (Fsp3) is 0.481. The van der Waals surface area contributed by atoms with Crippen molar-refractivity contribution in [1.82, 2.24) is 44.2 Å². The van der Waals surface area contributed by atoms with Crippen molar-refractivity contribution < 1.29 is 32.9 Å². The van der Waals surface area contributed by atoms with Crippen molar-refractivity contribution in [3.8, 4) is 22.9 Å². The van der Waals surface area contributed by atoms with E-state index >= 15 is 4.39 Å². The largest absolute Gasteiger partial charge is 0.486 e. The molecule has 1 saturated carbocycles. The highest BCUT2D eigenvalue weighted by atomic mass is 19.1. The third-order valence-corrected chi connectivity index (χ3v) is 14.2. The van der Waals surface area contributed by atoms with Crippen LogP contribution >= 0.6 is 0 Å². The lowest BCUT2D eigenvalue weighted by atomic mass is 9.88. The first-order valence-electron chi connectivity index (χ1n) is 24.6. The third-order valence-electron chi connectivity index (χ3n) is 14.2. The second-order valence-corrected chi connectivity index (χ2v) is 20.3. The van der Waals surface area contributed by atoms with Crippen molar-refractivity contribution in [2.45, 2.75) is 128 Å². The number of amides is 1. The monoisotopic (exact) mass is 936 g/mol. The van der Waals surface area contributed by atoms with Gasteiger partial charge in [-0.05, 0) is 107 Å². The minimum Gasteiger partial charge on any atom is -0.486 e. The summed E-state index contributed by atoms with van der Waals surface area (Å²) in [6, 6.07) is 14.1. The van der Waals surface area contributed by atoms with Gasteiger partial charge >= 0.3 is 12.1 Å². The molecule has 5 fully saturated rings. The third kappa shape index (κ3) is 8.46. The number of halogens is 1. The fourth-order valence-electron chi connectivity index (χ4n) is 10.7. The van der Waals surface area contributed by atoms with Gasteiger partial charge in [-0.3, -0.25) is 0 Å². The Kier molecular flexibility index (Phi) is 11.1. The molecular weight excluding hydrogens is 880 g/mol. The summed E-state index contributed by atoms with van der Waals surface area (Å²) in [6.45, 7) is 10.6. The number of anilines is 1. The van der Waals surface area contributed by atoms with Crippen LogP contribution in [0.2, 0.25) is 0 Å². The molecule has 3 atom stereocenters. The van der Waals surface area contributed by atoms with Gasteiger partial charge in [0.15, 0.2) is 17.8 Å². The lowest BCUT2D eigenvalue weighted by Gasteiger charge is -2.36. The van der Waals surface area contributed by atoms with E-state index in [-0.39, 0.29) is 54.9 Å². The maximum atomic E-state index is 16.7. The number of likely N-dealkylation sites (tertiary alicyclic amines) is 1. The number of benzene rings is 3. The molecule has 1 unspecified atom stereocenters. The number of carbonyl (C=O) groups is 1. The minimum atomic E-state index is -0.605. The molecule has 3 aromatic carbocycles. The van der Waals surface area contributed by atoms with E-state index in [1.165, 1.54) is 0 Å². The number of fused-ring (bicyclic) bond motifs is 5. The Morgan fingerprint density at radius 3 is 2.48 bits per heavy atom. The van der Waals surface area contributed by atoms with E-state index in [1.54, 1.807) is 16.8 Å². The van der Waals surface area contributed by atoms with Crippen LogP contribution in [0.5, 0.6) is 11.8 Å². The van der Waals surface area contributed by atoms with Gasteiger partial charge in [0.2, 0.25) is 0 Å². The predicted molar refractivity (Wildman–Crippen MR) is 255 cm³/mol. The molecule has 0 N–H and O–H groups in total. The highest BCUT2D eigenvalue weighted by Gasteiger charge is 2.48. The van der Waals surface area contributed by atoms with Gasteiger partial charge in [-0.25, -0.2) is 23.4 Å². The molecule has 12 rings (SSSR count). The standard InChI is InChI=1S/C52H57FN10O6/c1-30-40(53)25-41-39(26-55-63(41)43-8-5-6-19-66-43)44(30)45-37(33-13-14-33)24-38-46(47(45)67-29-32-11-9-31(10-12-32)22-42-56-49-54-17-7-18-62(49)59-42)57-50(68-36-15-20-65-21-16-36)58-48(38)60-27-35-23-34(60)28-61(35)51(64)69-52(2,3)4/h7,9-12,17-18,24-26,33-36,43H,5-6,8,13-16,19-23,27-29H2,1-4H3/t34-,35-,43?/m0/s1. The van der Waals surface area contributed by atoms with Crippen molar-refractivity contribution in [2.75, 3.05) is 37.8 Å². The number of aromatic nitrogens is 8. The lowest BCUT2D eigenvalue weighted by Crippen LogP contribution is -2.50. The maximum absolute atomic E-state index is 16.7. The molecule has 2 bridgehead atoms. The molecule has 16 nitrogen and oxygen atoms in total. The average Bonchev–Trinajstić information content (AvgIpc) is 3.59. The molecule has 69 heavy (non-hydrogen) atoms. The van der Waals surface area contributed by atoms with E-state index in [9.17, 15) is 4.79 Å². The Balaban J connectivity index is 1.000. The van der Waals surface area contributed by atoms with Crippen LogP contribution < -0.4 is 14.4 Å². The predicted octanol–water partition coefficient (Wildman–Crippen LogP) is 9.03. The summed E-state index contributed by atoms with van der Waals surface area (Å²) in [5.41, 5.74) is 5.74. The normalized spacial score (nSPS) is 21.0. The van der Waals surface area contributed by atoms with Crippen LogP contribution in [0.1, 0.15) is 112 Å². The first-order chi connectivity index (χ1) is 33.5. The van der Waals surface area contributed by atoms with E-state index in [0.717, 1.165) is 82.9 Å². The van der Waals surface area contributed by atoms with Crippen molar-refractivity contribution >= 4 is 39.5 Å². The van der Waals surface area contributed by atoms with Gasteiger partial charge in [-0.15, -0.1) is 5.10 Å². The van der Waals surface area contributed by atoms with Gasteiger partial charge in [0, 0.05) is 79.3 Å². The zero-order valence-corrected chi connectivity index (χ0v) is 39.6. The van der Waals surface area contributed by atoms with E-state index in [1.807, 2.05) is 55.7 Å². The highest BCUT2D eigenvalue weighted by molar-refractivity contribution is 6.06. The number of piperazine rings is 1. The topological polar surface area (TPSA) is 156 Å². The zero-order chi connectivity index (χ0) is 47.0. The number of ether oxygens (including phenoxy) is 5. The number of hydrogen-bond donors (Lipinski definition) is 0. The van der Waals surface area contributed by atoms with Gasteiger partial charge in [-0.2, -0.15) is 20.1 Å². The lowest BCUT2D eigenvalue weighted by molar-refractivity contribution is -0.0366. The Bertz CT molecular complexity index is 3050. The van der Waals surface area contributed by atoms with Crippen LogP contribution in [0.4, 0.5) is 15.0 Å². The molecular formula is C52H57FN10O6. The van der Waals surface area contributed by atoms with Crippen LogP contribution in [-0.4, -0.2) is 107 Å². The number of carbonyl (C=O) groups excluding carboxylic acids is 1. The Hall–Kier alpha value is -6.46. The maximum Gasteiger partial charge on any atom is 0.410 e. The minimum absolute atomic E-state index is 0.00608. The van der Waals surface area contributed by atoms with E-state index in [4.69, 9.17) is 38.8 Å². The van der Waals surface area contributed by atoms with Gasteiger partial charge in [0.1, 0.15) is 35.5 Å². The molecule has 1 aliphatic carbocycles. The van der Waals surface area contributed by atoms with Gasteiger partial charge in [-0.1, -0.05) is 24.3 Å². The Morgan fingerprint density at radius 2 is 1.74 bits per heavy atom. The first kappa shape index (κ1) is 43.8. The van der Waals surface area contributed by atoms with Crippen LogP contribution in [0.15, 0.2) is 61.1 Å². The summed E-state index contributed by atoms with van der Waals surface area (Å²) < 4.78 is 52.0. The fourth-order valence-corrected chi connectivity index (χ4v) is 10.7. The molecule has 1 amide bonds. The summed E-state index contributed by atoms with van der Waals surface area (Å²) in [7, 11) is 0. The molecule has 0 radical (unpaired) electrons. The molecule has 8 heterocycles. The number of rotatable bonds is 11. The first-order valence-corrected chi connectivity index (χ1v) is 24.6. The second kappa shape index (κ2) is 17.5. The Labute approximate surface area is 399 Å². The summed E-state index contributed by atoms with van der Waals surface area (Å²) in [5, 5.41) is 11.1. The number of hydrogen-bond acceptors (Lipinski definition) is 13. The average molecular weight is 937 g/mol. The van der Waals surface area contributed by atoms with Gasteiger partial charge < -0.3 is 33.5 Å². The molecule has 4 aromatic heterocycles. The van der Waals surface area contributed by atoms with E-state index in [2.05, 4.69) is 50.3 Å². The smallest absolute Gasteiger partial charge is 0.410 e. The highest BCUT2D eigenvalue weighted by Crippen LogP contribution is 2.54. The summed E-state index contributed by atoms with van der Waals surface area (Å²) >= 11 is 0. The molecule has 5 aliphatic rings. The SMILES string of the molecule is Cc1c(F)cc2c(cnn2C2CCCCO2)c1-c1c(C2CC2)cc2c(N3C[C@@H]4C[C@H]3CN4C(=O)OC(C)(C)C)nc(OC3CCOCC3)nc2c1OCc1ccc(Cc2nc3ncccn3n2)cc1. The van der Waals surface area contributed by atoms with Crippen molar-refractivity contribution in [1.29, 1.82) is 0 Å². The van der Waals surface area contributed by atoms with Crippen LogP contribution in [0, 0.1) is 12.7 Å². The second-order valence-electron chi connectivity index (χ2n) is 20.3. The van der Waals surface area contributed by atoms with E-state index < -0.39 is 5.60 Å². The van der Waals surface area contributed by atoms with Crippen molar-refractivity contribution in [2.24, 2.45) is 0 Å². The van der Waals surface area contributed by atoms with Crippen molar-refractivity contribution in [3.05, 3.63) is 95.0 Å².